The molecular weight excluding hydrogens is 506 g/mol. The van der Waals surface area contributed by atoms with Gasteiger partial charge >= 0.3 is 5.97 Å². The van der Waals surface area contributed by atoms with Gasteiger partial charge in [-0.1, -0.05) is 35.9 Å². The molecule has 9 heteroatoms. The van der Waals surface area contributed by atoms with Crippen LogP contribution < -0.4 is 4.74 Å². The Morgan fingerprint density at radius 3 is 2.68 bits per heavy atom. The van der Waals surface area contributed by atoms with E-state index in [9.17, 15) is 15.2 Å². The smallest absolute Gasteiger partial charge is 0.309 e. The van der Waals surface area contributed by atoms with Crippen molar-refractivity contribution in [2.24, 2.45) is 5.92 Å². The number of ether oxygens (including phenoxy) is 1. The van der Waals surface area contributed by atoms with Gasteiger partial charge in [-0.25, -0.2) is 4.98 Å². The van der Waals surface area contributed by atoms with Crippen molar-refractivity contribution in [2.75, 3.05) is 26.3 Å². The van der Waals surface area contributed by atoms with Gasteiger partial charge in [0.2, 0.25) is 5.89 Å². The largest absolute Gasteiger partial charge is 0.491 e. The Morgan fingerprint density at radius 1 is 1.21 bits per heavy atom. The SMILES string of the molecule is N#Cc1c2c(cc3nc(-c4cccc(-c5ccc(OCCO)cc5)c4Cl)oc13)[C@@H](N1CC(C(=O)O)C1)CC2. The lowest BCUT2D eigenvalue weighted by Crippen LogP contribution is -2.51. The number of likely N-dealkylation sites (tertiary alicyclic amines) is 1. The lowest BCUT2D eigenvalue weighted by molar-refractivity contribution is -0.148. The number of fused-ring (bicyclic) bond motifs is 2. The average molecular weight is 530 g/mol. The van der Waals surface area contributed by atoms with Crippen LogP contribution in [0.1, 0.15) is 29.2 Å². The number of aliphatic hydroxyl groups excluding tert-OH is 1. The van der Waals surface area contributed by atoms with E-state index in [1.54, 1.807) is 0 Å². The lowest BCUT2D eigenvalue weighted by Gasteiger charge is -2.41. The van der Waals surface area contributed by atoms with Crippen molar-refractivity contribution in [3.8, 4) is 34.4 Å². The Hall–Kier alpha value is -3.90. The Labute approximate surface area is 223 Å². The fourth-order valence-electron chi connectivity index (χ4n) is 5.48. The zero-order chi connectivity index (χ0) is 26.4. The van der Waals surface area contributed by atoms with E-state index in [2.05, 4.69) is 11.0 Å². The van der Waals surface area contributed by atoms with Crippen LogP contribution in [0.5, 0.6) is 5.75 Å². The predicted octanol–water partition coefficient (Wildman–Crippen LogP) is 5.06. The number of hydrogen-bond donors (Lipinski definition) is 2. The highest BCUT2D eigenvalue weighted by molar-refractivity contribution is 6.36. The molecule has 0 bridgehead atoms. The number of aliphatic carboxylic acids is 1. The van der Waals surface area contributed by atoms with Crippen molar-refractivity contribution in [1.29, 1.82) is 5.26 Å². The van der Waals surface area contributed by atoms with Crippen LogP contribution in [-0.2, 0) is 11.2 Å². The van der Waals surface area contributed by atoms with E-state index < -0.39 is 5.97 Å². The molecule has 8 nitrogen and oxygen atoms in total. The molecule has 2 N–H and O–H groups in total. The number of carbonyl (C=O) groups is 1. The Bertz CT molecular complexity index is 1580. The molecule has 6 rings (SSSR count). The first-order chi connectivity index (χ1) is 18.5. The van der Waals surface area contributed by atoms with Gasteiger partial charge in [0.05, 0.1) is 23.1 Å². The van der Waals surface area contributed by atoms with Gasteiger partial charge in [0.25, 0.3) is 0 Å². The summed E-state index contributed by atoms with van der Waals surface area (Å²) in [5.41, 5.74) is 5.81. The van der Waals surface area contributed by atoms with E-state index in [0.717, 1.165) is 35.1 Å². The third kappa shape index (κ3) is 4.09. The minimum Gasteiger partial charge on any atom is -0.491 e. The maximum atomic E-state index is 11.3. The average Bonchev–Trinajstić information content (AvgIpc) is 3.50. The summed E-state index contributed by atoms with van der Waals surface area (Å²) in [5, 5.41) is 28.7. The van der Waals surface area contributed by atoms with Gasteiger partial charge in [-0.2, -0.15) is 5.26 Å². The second-order valence-corrected chi connectivity index (χ2v) is 9.98. The molecule has 0 spiro atoms. The maximum absolute atomic E-state index is 11.3. The molecule has 2 heterocycles. The highest BCUT2D eigenvalue weighted by Crippen LogP contribution is 2.44. The third-order valence-electron chi connectivity index (χ3n) is 7.42. The van der Waals surface area contributed by atoms with Gasteiger partial charge < -0.3 is 19.4 Å². The van der Waals surface area contributed by atoms with Crippen LogP contribution in [0.2, 0.25) is 5.02 Å². The van der Waals surface area contributed by atoms with Crippen molar-refractivity contribution in [1.82, 2.24) is 9.88 Å². The van der Waals surface area contributed by atoms with Crippen LogP contribution in [-0.4, -0.2) is 52.4 Å². The van der Waals surface area contributed by atoms with Crippen LogP contribution in [0.25, 0.3) is 33.7 Å². The van der Waals surface area contributed by atoms with Gasteiger partial charge in [0.1, 0.15) is 29.5 Å². The molecule has 0 unspecified atom stereocenters. The molecule has 192 valence electrons. The number of nitriles is 1. The van der Waals surface area contributed by atoms with Crippen molar-refractivity contribution >= 4 is 28.7 Å². The zero-order valence-electron chi connectivity index (χ0n) is 20.4. The van der Waals surface area contributed by atoms with Crippen LogP contribution in [0.3, 0.4) is 0 Å². The lowest BCUT2D eigenvalue weighted by atomic mass is 9.94. The second-order valence-electron chi connectivity index (χ2n) is 9.61. The quantitative estimate of drug-likeness (QED) is 0.341. The minimum absolute atomic E-state index is 0.0548. The van der Waals surface area contributed by atoms with E-state index in [0.29, 0.717) is 52.0 Å². The zero-order valence-corrected chi connectivity index (χ0v) is 21.1. The van der Waals surface area contributed by atoms with E-state index in [-0.39, 0.29) is 25.2 Å². The van der Waals surface area contributed by atoms with E-state index in [4.69, 9.17) is 30.8 Å². The second kappa shape index (κ2) is 9.76. The number of aliphatic hydroxyl groups is 1. The molecule has 1 atom stereocenters. The number of halogens is 1. The van der Waals surface area contributed by atoms with Crippen LogP contribution in [0.4, 0.5) is 0 Å². The first kappa shape index (κ1) is 24.4. The number of aromatic nitrogens is 1. The molecule has 1 fully saturated rings. The van der Waals surface area contributed by atoms with E-state index >= 15 is 0 Å². The summed E-state index contributed by atoms with van der Waals surface area (Å²) < 4.78 is 11.6. The number of nitrogens with zero attached hydrogens (tertiary/aromatic N) is 3. The summed E-state index contributed by atoms with van der Waals surface area (Å²) in [6, 6.07) is 17.4. The van der Waals surface area contributed by atoms with Gasteiger partial charge in [0.15, 0.2) is 5.58 Å². The maximum Gasteiger partial charge on any atom is 0.309 e. The summed E-state index contributed by atoms with van der Waals surface area (Å²) >= 11 is 6.85. The number of benzene rings is 3. The molecule has 1 aliphatic heterocycles. The number of rotatable bonds is 7. The van der Waals surface area contributed by atoms with Crippen LogP contribution in [0, 0.1) is 17.2 Å². The predicted molar refractivity (Wildman–Crippen MR) is 141 cm³/mol. The minimum atomic E-state index is -0.765. The molecular formula is C29H24ClN3O5. The normalized spacial score (nSPS) is 17.2. The van der Waals surface area contributed by atoms with Crippen LogP contribution in [0.15, 0.2) is 52.9 Å². The first-order valence-corrected chi connectivity index (χ1v) is 12.8. The summed E-state index contributed by atoms with van der Waals surface area (Å²) in [4.78, 5) is 18.2. The van der Waals surface area contributed by atoms with Gasteiger partial charge in [-0.05, 0) is 53.8 Å². The molecule has 38 heavy (non-hydrogen) atoms. The Balaban J connectivity index is 1.35. The third-order valence-corrected chi connectivity index (χ3v) is 7.82. The number of carboxylic acids is 1. The van der Waals surface area contributed by atoms with Gasteiger partial charge in [0, 0.05) is 24.7 Å². The number of carboxylic acid groups (broad SMARTS) is 1. The fourth-order valence-corrected chi connectivity index (χ4v) is 5.79. The van der Waals surface area contributed by atoms with Gasteiger partial charge in [-0.15, -0.1) is 0 Å². The van der Waals surface area contributed by atoms with E-state index in [1.165, 1.54) is 0 Å². The van der Waals surface area contributed by atoms with Crippen molar-refractivity contribution in [2.45, 2.75) is 18.9 Å². The summed E-state index contributed by atoms with van der Waals surface area (Å²) in [6.07, 6.45) is 1.57. The first-order valence-electron chi connectivity index (χ1n) is 12.4. The summed E-state index contributed by atoms with van der Waals surface area (Å²) in [7, 11) is 0. The fraction of sp³-hybridized carbons (Fsp3) is 0.276. The standard InChI is InChI=1S/C29H24ClN3O5/c30-26-19(16-4-6-18(7-5-16)37-11-10-34)2-1-3-21(26)28-32-24-12-22-20(23(13-31)27(24)38-28)8-9-25(22)33-14-17(15-33)29(35)36/h1-7,12,17,25,34H,8-11,14-15H2,(H,35,36)/t25-/m0/s1. The monoisotopic (exact) mass is 529 g/mol. The molecule has 1 saturated heterocycles. The number of hydrogen-bond acceptors (Lipinski definition) is 7. The Morgan fingerprint density at radius 2 is 1.97 bits per heavy atom. The summed E-state index contributed by atoms with van der Waals surface area (Å²) in [5.74, 6) is -0.114. The molecule has 0 saturated carbocycles. The highest BCUT2D eigenvalue weighted by atomic mass is 35.5. The van der Waals surface area contributed by atoms with Crippen molar-refractivity contribution < 1.29 is 24.2 Å². The van der Waals surface area contributed by atoms with Crippen molar-refractivity contribution in [3.63, 3.8) is 0 Å². The Kier molecular flexibility index (Phi) is 6.28. The van der Waals surface area contributed by atoms with E-state index in [1.807, 2.05) is 48.5 Å². The molecule has 2 aliphatic rings. The highest BCUT2D eigenvalue weighted by Gasteiger charge is 2.40. The molecule has 0 amide bonds. The molecule has 3 aromatic carbocycles. The van der Waals surface area contributed by atoms with Gasteiger partial charge in [-0.3, -0.25) is 9.69 Å². The molecule has 1 aromatic heterocycles. The van der Waals surface area contributed by atoms with Crippen molar-refractivity contribution in [3.05, 3.63) is 70.2 Å². The summed E-state index contributed by atoms with van der Waals surface area (Å²) in [6.45, 7) is 1.20. The molecule has 1 aliphatic carbocycles. The molecule has 4 aromatic rings. The number of oxazole rings is 1. The molecule has 0 radical (unpaired) electrons. The van der Waals surface area contributed by atoms with Crippen LogP contribution >= 0.6 is 11.6 Å². The topological polar surface area (TPSA) is 120 Å².